The number of nitrogens with zero attached hydrogens (tertiary/aromatic N) is 1. The van der Waals surface area contributed by atoms with Gasteiger partial charge in [-0.05, 0) is 43.8 Å². The number of hydrogen-bond acceptors (Lipinski definition) is 4. The Balaban J connectivity index is 0.00000192. The first kappa shape index (κ1) is 18.0. The van der Waals surface area contributed by atoms with Gasteiger partial charge in [0.05, 0.1) is 18.5 Å². The number of hydrogen-bond donors (Lipinski definition) is 1. The molecular weight excluding hydrogens is 328 g/mol. The van der Waals surface area contributed by atoms with Gasteiger partial charge in [0, 0.05) is 22.4 Å². The molecule has 1 atom stereocenters. The Hall–Kier alpha value is -1.36. The average Bonchev–Trinajstić information content (AvgIpc) is 2.54. The first-order valence-corrected chi connectivity index (χ1v) is 8.41. The highest BCUT2D eigenvalue weighted by Crippen LogP contribution is 2.49. The second-order valence-electron chi connectivity index (χ2n) is 5.68. The van der Waals surface area contributed by atoms with Crippen LogP contribution < -0.4 is 15.0 Å². The molecule has 1 aliphatic heterocycles. The lowest BCUT2D eigenvalue weighted by Gasteiger charge is -2.34. The van der Waals surface area contributed by atoms with Crippen LogP contribution in [0.5, 0.6) is 5.75 Å². The number of nitrogens with one attached hydrogen (secondary N) is 1. The summed E-state index contributed by atoms with van der Waals surface area (Å²) in [4.78, 5) is 5.03. The zero-order chi connectivity index (χ0) is 15.5. The van der Waals surface area contributed by atoms with Crippen LogP contribution in [0, 0.1) is 5.92 Å². The summed E-state index contributed by atoms with van der Waals surface area (Å²) in [5.41, 5.74) is 2.53. The van der Waals surface area contributed by atoms with Gasteiger partial charge in [-0.25, -0.2) is 0 Å². The fraction of sp³-hybridized carbons (Fsp3) is 0.333. The highest BCUT2D eigenvalue weighted by atomic mass is 35.5. The van der Waals surface area contributed by atoms with Gasteiger partial charge in [-0.2, -0.15) is 0 Å². The van der Waals surface area contributed by atoms with Gasteiger partial charge in [0.1, 0.15) is 5.75 Å². The molecule has 0 bridgehead atoms. The van der Waals surface area contributed by atoms with Crippen molar-refractivity contribution in [1.82, 2.24) is 5.32 Å². The Bertz CT molecular complexity index is 665. The molecule has 1 heterocycles. The Kier molecular flexibility index (Phi) is 6.22. The summed E-state index contributed by atoms with van der Waals surface area (Å²) >= 11 is 1.83. The minimum atomic E-state index is 0. The Morgan fingerprint density at radius 3 is 2.61 bits per heavy atom. The Morgan fingerprint density at radius 1 is 1.13 bits per heavy atom. The first-order chi connectivity index (χ1) is 10.7. The Labute approximate surface area is 148 Å². The lowest BCUT2D eigenvalue weighted by atomic mass is 10.1. The zero-order valence-corrected chi connectivity index (χ0v) is 15.3. The fourth-order valence-electron chi connectivity index (χ4n) is 2.86. The second kappa shape index (κ2) is 7.95. The van der Waals surface area contributed by atoms with E-state index in [4.69, 9.17) is 4.74 Å². The van der Waals surface area contributed by atoms with Gasteiger partial charge < -0.3 is 15.0 Å². The molecule has 0 aliphatic carbocycles. The van der Waals surface area contributed by atoms with Crippen LogP contribution in [0.25, 0.3) is 0 Å². The molecule has 0 radical (unpaired) electrons. The van der Waals surface area contributed by atoms with E-state index in [-0.39, 0.29) is 12.4 Å². The van der Waals surface area contributed by atoms with Gasteiger partial charge >= 0.3 is 0 Å². The monoisotopic (exact) mass is 350 g/mol. The molecule has 0 fully saturated rings. The summed E-state index contributed by atoms with van der Waals surface area (Å²) in [5, 5.41) is 3.27. The van der Waals surface area contributed by atoms with E-state index in [9.17, 15) is 0 Å². The third kappa shape index (κ3) is 3.77. The van der Waals surface area contributed by atoms with Crippen molar-refractivity contribution in [2.24, 2.45) is 5.92 Å². The molecule has 1 N–H and O–H groups in total. The standard InChI is InChI=1S/C18H22N2OS.ClH/c1-13(11-19-2)12-20-15-6-4-5-7-17(15)22-18-9-8-14(21-3)10-16(18)20;/h4-10,13,19H,11-12H2,1-3H3;1H/t13-;/m1./s1. The first-order valence-electron chi connectivity index (χ1n) is 7.60. The normalized spacial score (nSPS) is 13.6. The molecule has 3 nitrogen and oxygen atoms in total. The summed E-state index contributed by atoms with van der Waals surface area (Å²) in [7, 11) is 3.73. The van der Waals surface area contributed by atoms with E-state index in [1.54, 1.807) is 7.11 Å². The van der Waals surface area contributed by atoms with Crippen molar-refractivity contribution in [1.29, 1.82) is 0 Å². The largest absolute Gasteiger partial charge is 0.497 e. The third-order valence-electron chi connectivity index (χ3n) is 3.88. The average molecular weight is 351 g/mol. The number of rotatable bonds is 5. The zero-order valence-electron chi connectivity index (χ0n) is 13.7. The minimum absolute atomic E-state index is 0. The molecule has 2 aromatic carbocycles. The van der Waals surface area contributed by atoms with E-state index < -0.39 is 0 Å². The summed E-state index contributed by atoms with van der Waals surface area (Å²) < 4.78 is 5.42. The highest BCUT2D eigenvalue weighted by Gasteiger charge is 2.24. The molecule has 0 saturated heterocycles. The van der Waals surface area contributed by atoms with Crippen LogP contribution in [0.3, 0.4) is 0 Å². The molecule has 0 unspecified atom stereocenters. The van der Waals surface area contributed by atoms with Gasteiger partial charge in [-0.15, -0.1) is 12.4 Å². The van der Waals surface area contributed by atoms with Crippen LogP contribution in [0.2, 0.25) is 0 Å². The number of para-hydroxylation sites is 1. The highest BCUT2D eigenvalue weighted by molar-refractivity contribution is 7.99. The van der Waals surface area contributed by atoms with Crippen LogP contribution in [0.4, 0.5) is 11.4 Å². The van der Waals surface area contributed by atoms with Crippen molar-refractivity contribution in [3.63, 3.8) is 0 Å². The molecule has 3 rings (SSSR count). The van der Waals surface area contributed by atoms with Crippen LogP contribution in [-0.2, 0) is 0 Å². The molecule has 0 spiro atoms. The summed E-state index contributed by atoms with van der Waals surface area (Å²) in [6.45, 7) is 4.27. The van der Waals surface area contributed by atoms with Crippen LogP contribution >= 0.6 is 24.2 Å². The molecule has 1 aliphatic rings. The quantitative estimate of drug-likeness (QED) is 0.853. The van der Waals surface area contributed by atoms with Gasteiger partial charge in [0.15, 0.2) is 0 Å². The SMILES string of the molecule is CNC[C@@H](C)CN1c2ccccc2Sc2ccc(OC)cc21.Cl. The van der Waals surface area contributed by atoms with Gasteiger partial charge in [-0.3, -0.25) is 0 Å². The van der Waals surface area contributed by atoms with Crippen LogP contribution in [0.15, 0.2) is 52.3 Å². The van der Waals surface area contributed by atoms with Crippen molar-refractivity contribution < 1.29 is 4.74 Å². The minimum Gasteiger partial charge on any atom is -0.497 e. The predicted octanol–water partition coefficient (Wildman–Crippen LogP) is 4.58. The van der Waals surface area contributed by atoms with E-state index in [0.717, 1.165) is 18.8 Å². The molecular formula is C18H23ClN2OS. The molecule has 5 heteroatoms. The van der Waals surface area contributed by atoms with Gasteiger partial charge in [0.2, 0.25) is 0 Å². The maximum atomic E-state index is 5.42. The molecule has 0 amide bonds. The number of anilines is 2. The summed E-state index contributed by atoms with van der Waals surface area (Å²) in [6, 6.07) is 15.0. The fourth-order valence-corrected chi connectivity index (χ4v) is 3.93. The van der Waals surface area contributed by atoms with Crippen molar-refractivity contribution in [2.75, 3.05) is 32.1 Å². The van der Waals surface area contributed by atoms with E-state index in [2.05, 4.69) is 53.5 Å². The van der Waals surface area contributed by atoms with Crippen molar-refractivity contribution in [3.05, 3.63) is 42.5 Å². The van der Waals surface area contributed by atoms with Crippen LogP contribution in [-0.4, -0.2) is 27.2 Å². The molecule has 2 aromatic rings. The van der Waals surface area contributed by atoms with E-state index in [1.807, 2.05) is 24.9 Å². The topological polar surface area (TPSA) is 24.5 Å². The number of methoxy groups -OCH3 is 1. The smallest absolute Gasteiger partial charge is 0.121 e. The molecule has 23 heavy (non-hydrogen) atoms. The molecule has 124 valence electrons. The van der Waals surface area contributed by atoms with Gasteiger partial charge in [0.25, 0.3) is 0 Å². The Morgan fingerprint density at radius 2 is 1.87 bits per heavy atom. The molecule has 0 saturated carbocycles. The van der Waals surface area contributed by atoms with E-state index in [1.165, 1.54) is 21.2 Å². The maximum absolute atomic E-state index is 5.42. The van der Waals surface area contributed by atoms with Gasteiger partial charge in [-0.1, -0.05) is 30.8 Å². The van der Waals surface area contributed by atoms with Crippen LogP contribution in [0.1, 0.15) is 6.92 Å². The lowest BCUT2D eigenvalue weighted by Crippen LogP contribution is -2.30. The number of halogens is 1. The summed E-state index contributed by atoms with van der Waals surface area (Å²) in [5.74, 6) is 1.46. The predicted molar refractivity (Wildman–Crippen MR) is 101 cm³/mol. The molecule has 0 aromatic heterocycles. The van der Waals surface area contributed by atoms with E-state index >= 15 is 0 Å². The lowest BCUT2D eigenvalue weighted by molar-refractivity contribution is 0.414. The maximum Gasteiger partial charge on any atom is 0.121 e. The van der Waals surface area contributed by atoms with Crippen molar-refractivity contribution >= 4 is 35.5 Å². The van der Waals surface area contributed by atoms with Crippen molar-refractivity contribution in [3.8, 4) is 5.75 Å². The number of benzene rings is 2. The summed E-state index contributed by atoms with van der Waals surface area (Å²) in [6.07, 6.45) is 0. The second-order valence-corrected chi connectivity index (χ2v) is 6.76. The van der Waals surface area contributed by atoms with Crippen molar-refractivity contribution in [2.45, 2.75) is 16.7 Å². The number of ether oxygens (including phenoxy) is 1. The number of fused-ring (bicyclic) bond motifs is 2. The van der Waals surface area contributed by atoms with E-state index in [0.29, 0.717) is 5.92 Å². The third-order valence-corrected chi connectivity index (χ3v) is 5.01.